The van der Waals surface area contributed by atoms with Crippen LogP contribution in [-0.4, -0.2) is 17.2 Å². The fourth-order valence-electron chi connectivity index (χ4n) is 4.03. The lowest BCUT2D eigenvalue weighted by atomic mass is 9.72. The van der Waals surface area contributed by atoms with E-state index in [9.17, 15) is 9.90 Å². The fourth-order valence-corrected chi connectivity index (χ4v) is 5.30. The minimum Gasteiger partial charge on any atom is -0.507 e. The second kappa shape index (κ2) is 8.71. The van der Waals surface area contributed by atoms with Gasteiger partial charge in [-0.05, 0) is 60.4 Å². The number of carbonyl (C=O) groups is 1. The van der Waals surface area contributed by atoms with E-state index in [1.807, 2.05) is 18.2 Å². The lowest BCUT2D eigenvalue weighted by Crippen LogP contribution is -2.28. The van der Waals surface area contributed by atoms with Crippen molar-refractivity contribution in [1.82, 2.24) is 5.32 Å². The number of rotatable bonds is 5. The number of hydrogen-bond donors (Lipinski definition) is 2. The molecular weight excluding hydrogens is 408 g/mol. The number of phenols is 1. The van der Waals surface area contributed by atoms with E-state index in [2.05, 4.69) is 31.1 Å². The van der Waals surface area contributed by atoms with E-state index in [0.717, 1.165) is 24.8 Å². The Kier molecular flexibility index (Phi) is 6.01. The molecule has 1 atom stereocenters. The van der Waals surface area contributed by atoms with Gasteiger partial charge in [-0.25, -0.2) is 4.99 Å². The summed E-state index contributed by atoms with van der Waals surface area (Å²) in [6.07, 6.45) is 6.14. The molecule has 0 saturated carbocycles. The average molecular weight is 437 g/mol. The summed E-state index contributed by atoms with van der Waals surface area (Å²) in [5, 5.41) is 13.7. The SMILES string of the molecule is CC(C)(C)[C@@H]1CCc2c(sc(N=Cc3ccccc3O)c2C(=O)NCc2ccco2)C1. The van der Waals surface area contributed by atoms with Crippen molar-refractivity contribution in [3.05, 3.63) is 70.0 Å². The molecule has 1 aliphatic rings. The van der Waals surface area contributed by atoms with Crippen LogP contribution >= 0.6 is 11.3 Å². The fraction of sp³-hybridized carbons (Fsp3) is 0.360. The van der Waals surface area contributed by atoms with Crippen LogP contribution in [0.5, 0.6) is 5.75 Å². The summed E-state index contributed by atoms with van der Waals surface area (Å²) in [5.41, 5.74) is 2.63. The molecule has 0 fully saturated rings. The molecule has 0 unspecified atom stereocenters. The summed E-state index contributed by atoms with van der Waals surface area (Å²) in [4.78, 5) is 19.1. The third-order valence-electron chi connectivity index (χ3n) is 5.96. The van der Waals surface area contributed by atoms with E-state index >= 15 is 0 Å². The van der Waals surface area contributed by atoms with Gasteiger partial charge in [0.2, 0.25) is 0 Å². The van der Waals surface area contributed by atoms with Gasteiger partial charge in [0.25, 0.3) is 5.91 Å². The van der Waals surface area contributed by atoms with Crippen molar-refractivity contribution in [3.63, 3.8) is 0 Å². The van der Waals surface area contributed by atoms with Crippen LogP contribution in [0.3, 0.4) is 0 Å². The first kappa shape index (κ1) is 21.4. The number of phenolic OH excluding ortho intramolecular Hbond substituents is 1. The number of thiophene rings is 1. The molecule has 0 radical (unpaired) electrons. The number of nitrogens with one attached hydrogen (secondary N) is 1. The topological polar surface area (TPSA) is 74.8 Å². The van der Waals surface area contributed by atoms with Gasteiger partial charge in [-0.2, -0.15) is 0 Å². The molecule has 0 bridgehead atoms. The monoisotopic (exact) mass is 436 g/mol. The molecular formula is C25H28N2O3S. The largest absolute Gasteiger partial charge is 0.507 e. The minimum atomic E-state index is -0.132. The number of fused-ring (bicyclic) bond motifs is 1. The molecule has 162 valence electrons. The first-order valence-electron chi connectivity index (χ1n) is 10.6. The Morgan fingerprint density at radius 2 is 2.10 bits per heavy atom. The van der Waals surface area contributed by atoms with Crippen molar-refractivity contribution < 1.29 is 14.3 Å². The van der Waals surface area contributed by atoms with Gasteiger partial charge in [0, 0.05) is 16.7 Å². The van der Waals surface area contributed by atoms with Gasteiger partial charge in [0.1, 0.15) is 16.5 Å². The standard InChI is InChI=1S/C25H28N2O3S/c1-25(2,3)17-10-11-19-21(13-17)31-24(27-14-16-7-4-5-9-20(16)28)22(19)23(29)26-15-18-8-6-12-30-18/h4-9,12,14,17,28H,10-11,13,15H2,1-3H3,(H,26,29)/t17-/m1/s1. The van der Waals surface area contributed by atoms with E-state index in [-0.39, 0.29) is 17.1 Å². The zero-order valence-electron chi connectivity index (χ0n) is 18.1. The molecule has 0 aliphatic heterocycles. The Morgan fingerprint density at radius 3 is 2.81 bits per heavy atom. The van der Waals surface area contributed by atoms with Gasteiger partial charge in [-0.1, -0.05) is 32.9 Å². The van der Waals surface area contributed by atoms with Crippen LogP contribution < -0.4 is 5.32 Å². The summed E-state index contributed by atoms with van der Waals surface area (Å²) in [6.45, 7) is 7.18. The maximum Gasteiger partial charge on any atom is 0.255 e. The van der Waals surface area contributed by atoms with E-state index < -0.39 is 0 Å². The van der Waals surface area contributed by atoms with Crippen molar-refractivity contribution in [3.8, 4) is 5.75 Å². The summed E-state index contributed by atoms with van der Waals surface area (Å²) in [7, 11) is 0. The Hall–Kier alpha value is -2.86. The van der Waals surface area contributed by atoms with E-state index in [1.165, 1.54) is 4.88 Å². The normalized spacial score (nSPS) is 16.4. The highest BCUT2D eigenvalue weighted by Gasteiger charge is 2.33. The Bertz CT molecular complexity index is 1090. The van der Waals surface area contributed by atoms with Gasteiger partial charge in [-0.3, -0.25) is 4.79 Å². The maximum absolute atomic E-state index is 13.2. The first-order valence-corrected chi connectivity index (χ1v) is 11.4. The molecule has 5 nitrogen and oxygen atoms in total. The van der Waals surface area contributed by atoms with E-state index in [0.29, 0.717) is 34.4 Å². The number of benzene rings is 1. The number of furan rings is 1. The van der Waals surface area contributed by atoms with Gasteiger partial charge < -0.3 is 14.8 Å². The third kappa shape index (κ3) is 4.74. The quantitative estimate of drug-likeness (QED) is 0.491. The van der Waals surface area contributed by atoms with Crippen LogP contribution in [0.25, 0.3) is 0 Å². The number of aromatic hydroxyl groups is 1. The molecule has 0 saturated heterocycles. The van der Waals surface area contributed by atoms with Gasteiger partial charge >= 0.3 is 0 Å². The van der Waals surface area contributed by atoms with Crippen molar-refractivity contribution in [2.75, 3.05) is 0 Å². The summed E-state index contributed by atoms with van der Waals surface area (Å²) < 4.78 is 5.34. The lowest BCUT2D eigenvalue weighted by Gasteiger charge is -2.33. The van der Waals surface area contributed by atoms with E-state index in [4.69, 9.17) is 4.42 Å². The molecule has 31 heavy (non-hydrogen) atoms. The van der Waals surface area contributed by atoms with Crippen molar-refractivity contribution >= 4 is 28.5 Å². The smallest absolute Gasteiger partial charge is 0.255 e. The van der Waals surface area contributed by atoms with Crippen LogP contribution in [0.4, 0.5) is 5.00 Å². The summed E-state index contributed by atoms with van der Waals surface area (Å²) >= 11 is 1.59. The van der Waals surface area contributed by atoms with Crippen LogP contribution in [0.1, 0.15) is 59.3 Å². The van der Waals surface area contributed by atoms with Crippen LogP contribution in [0, 0.1) is 11.3 Å². The number of nitrogens with zero attached hydrogens (tertiary/aromatic N) is 1. The van der Waals surface area contributed by atoms with Gasteiger partial charge in [0.05, 0.1) is 18.4 Å². The predicted molar refractivity (Wildman–Crippen MR) is 125 cm³/mol. The molecule has 2 aromatic heterocycles. The molecule has 3 aromatic rings. The molecule has 2 heterocycles. The molecule has 6 heteroatoms. The van der Waals surface area contributed by atoms with Crippen LogP contribution in [-0.2, 0) is 19.4 Å². The zero-order valence-corrected chi connectivity index (χ0v) is 19.0. The first-order chi connectivity index (χ1) is 14.8. The minimum absolute atomic E-state index is 0.132. The van der Waals surface area contributed by atoms with Crippen LogP contribution in [0.2, 0.25) is 0 Å². The number of carbonyl (C=O) groups excluding carboxylic acids is 1. The Balaban J connectivity index is 1.66. The summed E-state index contributed by atoms with van der Waals surface area (Å²) in [5.74, 6) is 1.33. The highest BCUT2D eigenvalue weighted by molar-refractivity contribution is 7.16. The maximum atomic E-state index is 13.2. The number of aliphatic imine (C=N–C) groups is 1. The number of hydrogen-bond acceptors (Lipinski definition) is 5. The average Bonchev–Trinajstić information content (AvgIpc) is 3.37. The van der Waals surface area contributed by atoms with Gasteiger partial charge in [-0.15, -0.1) is 11.3 Å². The van der Waals surface area contributed by atoms with Gasteiger partial charge in [0.15, 0.2) is 0 Å². The zero-order chi connectivity index (χ0) is 22.0. The molecule has 2 N–H and O–H groups in total. The Morgan fingerprint density at radius 1 is 1.29 bits per heavy atom. The molecule has 1 aliphatic carbocycles. The van der Waals surface area contributed by atoms with Crippen molar-refractivity contribution in [2.45, 2.75) is 46.6 Å². The summed E-state index contributed by atoms with van der Waals surface area (Å²) in [6, 6.07) is 10.7. The Labute approximate surface area is 186 Å². The van der Waals surface area contributed by atoms with Crippen molar-refractivity contribution in [1.29, 1.82) is 0 Å². The van der Waals surface area contributed by atoms with Crippen molar-refractivity contribution in [2.24, 2.45) is 16.3 Å². The van der Waals surface area contributed by atoms with Crippen LogP contribution in [0.15, 0.2) is 52.1 Å². The predicted octanol–water partition coefficient (Wildman–Crippen LogP) is 5.88. The van der Waals surface area contributed by atoms with E-state index in [1.54, 1.807) is 42.0 Å². The third-order valence-corrected chi connectivity index (χ3v) is 7.12. The molecule has 0 spiro atoms. The lowest BCUT2D eigenvalue weighted by molar-refractivity contribution is 0.0947. The highest BCUT2D eigenvalue weighted by atomic mass is 32.1. The molecule has 1 amide bonds. The second-order valence-electron chi connectivity index (χ2n) is 9.07. The molecule has 1 aromatic carbocycles. The number of para-hydroxylation sites is 1. The number of amides is 1. The molecule has 4 rings (SSSR count). The second-order valence-corrected chi connectivity index (χ2v) is 10.2. The highest BCUT2D eigenvalue weighted by Crippen LogP contribution is 2.45.